The molecular formula is C9H5N3. The molecule has 0 bridgehead atoms. The van der Waals surface area contributed by atoms with Crippen molar-refractivity contribution >= 4 is 6.08 Å². The van der Waals surface area contributed by atoms with Crippen molar-refractivity contribution in [1.82, 2.24) is 4.98 Å². The van der Waals surface area contributed by atoms with E-state index in [0.29, 0.717) is 5.69 Å². The highest BCUT2D eigenvalue weighted by Gasteiger charge is 1.89. The lowest BCUT2D eigenvalue weighted by atomic mass is 10.2. The van der Waals surface area contributed by atoms with E-state index in [4.69, 9.17) is 10.5 Å². The van der Waals surface area contributed by atoms with Crippen LogP contribution in [0.3, 0.4) is 0 Å². The van der Waals surface area contributed by atoms with E-state index in [9.17, 15) is 0 Å². The van der Waals surface area contributed by atoms with Crippen LogP contribution in [0.5, 0.6) is 0 Å². The van der Waals surface area contributed by atoms with E-state index in [1.165, 1.54) is 6.08 Å². The molecule has 0 aliphatic heterocycles. The third-order valence-corrected chi connectivity index (χ3v) is 1.25. The van der Waals surface area contributed by atoms with E-state index in [1.54, 1.807) is 24.4 Å². The molecule has 12 heavy (non-hydrogen) atoms. The summed E-state index contributed by atoms with van der Waals surface area (Å²) in [7, 11) is 0. The second-order valence-corrected chi connectivity index (χ2v) is 2.05. The highest BCUT2D eigenvalue weighted by atomic mass is 14.7. The molecule has 0 saturated carbocycles. The molecule has 0 radical (unpaired) electrons. The molecular weight excluding hydrogens is 150 g/mol. The van der Waals surface area contributed by atoms with Gasteiger partial charge in [-0.15, -0.1) is 0 Å². The number of hydrogen-bond donors (Lipinski definition) is 0. The lowest BCUT2D eigenvalue weighted by Crippen LogP contribution is -1.81. The Balaban J connectivity index is 2.88. The van der Waals surface area contributed by atoms with Crippen molar-refractivity contribution in [1.29, 1.82) is 10.5 Å². The van der Waals surface area contributed by atoms with Crippen molar-refractivity contribution in [2.24, 2.45) is 0 Å². The van der Waals surface area contributed by atoms with Crippen molar-refractivity contribution < 1.29 is 0 Å². The molecule has 1 rings (SSSR count). The average molecular weight is 155 g/mol. The van der Waals surface area contributed by atoms with Gasteiger partial charge in [-0.1, -0.05) is 6.07 Å². The summed E-state index contributed by atoms with van der Waals surface area (Å²) in [6, 6.07) is 7.13. The van der Waals surface area contributed by atoms with Gasteiger partial charge in [-0.25, -0.2) is 4.98 Å². The van der Waals surface area contributed by atoms with Crippen molar-refractivity contribution in [2.75, 3.05) is 0 Å². The second kappa shape index (κ2) is 3.90. The van der Waals surface area contributed by atoms with Crippen LogP contribution in [0, 0.1) is 22.7 Å². The minimum absolute atomic E-state index is 0.379. The molecule has 56 valence electrons. The zero-order valence-electron chi connectivity index (χ0n) is 6.23. The Labute approximate surface area is 70.2 Å². The van der Waals surface area contributed by atoms with E-state index in [1.807, 2.05) is 12.1 Å². The molecule has 0 aromatic carbocycles. The molecule has 3 nitrogen and oxygen atoms in total. The summed E-state index contributed by atoms with van der Waals surface area (Å²) < 4.78 is 0. The summed E-state index contributed by atoms with van der Waals surface area (Å²) in [6.07, 6.45) is 4.55. The molecule has 1 aromatic heterocycles. The van der Waals surface area contributed by atoms with Gasteiger partial charge in [0.05, 0.1) is 6.07 Å². The fraction of sp³-hybridized carbons (Fsp3) is 0. The minimum atomic E-state index is 0.379. The molecule has 0 saturated heterocycles. The predicted molar refractivity (Wildman–Crippen MR) is 43.6 cm³/mol. The maximum Gasteiger partial charge on any atom is 0.140 e. The first-order valence-corrected chi connectivity index (χ1v) is 3.29. The molecule has 0 amide bonds. The Morgan fingerprint density at radius 3 is 2.67 bits per heavy atom. The van der Waals surface area contributed by atoms with Crippen LogP contribution in [0.25, 0.3) is 6.08 Å². The van der Waals surface area contributed by atoms with E-state index in [-0.39, 0.29) is 0 Å². The van der Waals surface area contributed by atoms with Crippen LogP contribution in [0.1, 0.15) is 11.3 Å². The van der Waals surface area contributed by atoms with E-state index in [0.717, 1.165) is 5.56 Å². The Kier molecular flexibility index (Phi) is 2.59. The zero-order chi connectivity index (χ0) is 8.81. The summed E-state index contributed by atoms with van der Waals surface area (Å²) in [4.78, 5) is 3.83. The third-order valence-electron chi connectivity index (χ3n) is 1.25. The number of rotatable bonds is 1. The highest BCUT2D eigenvalue weighted by Crippen LogP contribution is 2.00. The summed E-state index contributed by atoms with van der Waals surface area (Å²) in [5, 5.41) is 16.6. The lowest BCUT2D eigenvalue weighted by Gasteiger charge is -1.89. The molecule has 0 spiro atoms. The van der Waals surface area contributed by atoms with Gasteiger partial charge in [-0.3, -0.25) is 0 Å². The first-order valence-electron chi connectivity index (χ1n) is 3.29. The van der Waals surface area contributed by atoms with Crippen LogP contribution in [-0.2, 0) is 0 Å². The number of pyridine rings is 1. The van der Waals surface area contributed by atoms with Crippen molar-refractivity contribution in [2.45, 2.75) is 0 Å². The number of allylic oxidation sites excluding steroid dienone is 1. The van der Waals surface area contributed by atoms with Gasteiger partial charge in [0.25, 0.3) is 0 Å². The van der Waals surface area contributed by atoms with Crippen LogP contribution in [0.4, 0.5) is 0 Å². The number of hydrogen-bond acceptors (Lipinski definition) is 3. The first kappa shape index (κ1) is 7.97. The SMILES string of the molecule is N#C/C=C/c1ccc(C#N)nc1. The Morgan fingerprint density at radius 1 is 1.33 bits per heavy atom. The maximum atomic E-state index is 8.42. The summed E-state index contributed by atoms with van der Waals surface area (Å²) in [6.45, 7) is 0. The summed E-state index contributed by atoms with van der Waals surface area (Å²) in [5.74, 6) is 0. The van der Waals surface area contributed by atoms with Crippen molar-refractivity contribution in [3.8, 4) is 12.1 Å². The van der Waals surface area contributed by atoms with Crippen LogP contribution >= 0.6 is 0 Å². The number of nitrogens with zero attached hydrogens (tertiary/aromatic N) is 3. The molecule has 1 aromatic rings. The molecule has 0 fully saturated rings. The molecule has 0 atom stereocenters. The molecule has 0 aliphatic rings. The Hall–Kier alpha value is -2.13. The third kappa shape index (κ3) is 1.93. The standard InChI is InChI=1S/C9H5N3/c10-5-1-2-8-3-4-9(6-11)12-7-8/h1-4,7H/b2-1+. The van der Waals surface area contributed by atoms with Gasteiger partial charge in [-0.2, -0.15) is 10.5 Å². The predicted octanol–water partition coefficient (Wildman–Crippen LogP) is 1.49. The lowest BCUT2D eigenvalue weighted by molar-refractivity contribution is 1.26. The van der Waals surface area contributed by atoms with Gasteiger partial charge >= 0.3 is 0 Å². The first-order chi connectivity index (χ1) is 5.86. The van der Waals surface area contributed by atoms with Gasteiger partial charge < -0.3 is 0 Å². The van der Waals surface area contributed by atoms with Crippen LogP contribution < -0.4 is 0 Å². The van der Waals surface area contributed by atoms with Crippen molar-refractivity contribution in [3.63, 3.8) is 0 Å². The Morgan fingerprint density at radius 2 is 2.17 bits per heavy atom. The smallest absolute Gasteiger partial charge is 0.140 e. The van der Waals surface area contributed by atoms with Gasteiger partial charge in [0.15, 0.2) is 0 Å². The monoisotopic (exact) mass is 155 g/mol. The van der Waals surface area contributed by atoms with Crippen LogP contribution in [0.2, 0.25) is 0 Å². The zero-order valence-corrected chi connectivity index (χ0v) is 6.23. The van der Waals surface area contributed by atoms with Gasteiger partial charge in [0, 0.05) is 12.3 Å². The average Bonchev–Trinajstić information content (AvgIpc) is 2.15. The highest BCUT2D eigenvalue weighted by molar-refractivity contribution is 5.50. The largest absolute Gasteiger partial charge is 0.245 e. The van der Waals surface area contributed by atoms with Crippen LogP contribution in [-0.4, -0.2) is 4.98 Å². The molecule has 0 N–H and O–H groups in total. The van der Waals surface area contributed by atoms with Crippen LogP contribution in [0.15, 0.2) is 24.4 Å². The normalized spacial score (nSPS) is 9.17. The van der Waals surface area contributed by atoms with Crippen molar-refractivity contribution in [3.05, 3.63) is 35.7 Å². The van der Waals surface area contributed by atoms with Gasteiger partial charge in [0.2, 0.25) is 0 Å². The maximum absolute atomic E-state index is 8.42. The number of nitriles is 2. The fourth-order valence-corrected chi connectivity index (χ4v) is 0.704. The Bertz CT molecular complexity index is 362. The molecule has 1 heterocycles. The topological polar surface area (TPSA) is 60.5 Å². The minimum Gasteiger partial charge on any atom is -0.245 e. The summed E-state index contributed by atoms with van der Waals surface area (Å²) >= 11 is 0. The molecule has 0 aliphatic carbocycles. The number of aromatic nitrogens is 1. The summed E-state index contributed by atoms with van der Waals surface area (Å²) in [5.41, 5.74) is 1.19. The van der Waals surface area contributed by atoms with E-state index < -0.39 is 0 Å². The fourth-order valence-electron chi connectivity index (χ4n) is 0.704. The van der Waals surface area contributed by atoms with E-state index >= 15 is 0 Å². The molecule has 0 unspecified atom stereocenters. The van der Waals surface area contributed by atoms with E-state index in [2.05, 4.69) is 4.98 Å². The van der Waals surface area contributed by atoms with Gasteiger partial charge in [0.1, 0.15) is 11.8 Å². The quantitative estimate of drug-likeness (QED) is 0.577. The molecule has 3 heteroatoms. The van der Waals surface area contributed by atoms with Gasteiger partial charge in [-0.05, 0) is 17.7 Å². The second-order valence-electron chi connectivity index (χ2n) is 2.05.